The van der Waals surface area contributed by atoms with Gasteiger partial charge in [0, 0.05) is 16.6 Å². The third-order valence-electron chi connectivity index (χ3n) is 2.65. The number of halogens is 2. The van der Waals surface area contributed by atoms with Gasteiger partial charge in [-0.3, -0.25) is 4.98 Å². The third-order valence-corrected chi connectivity index (χ3v) is 3.11. The summed E-state index contributed by atoms with van der Waals surface area (Å²) >= 11 is 3.21. The number of rotatable bonds is 4. The first-order chi connectivity index (χ1) is 9.08. The molecule has 0 aliphatic rings. The maximum Gasteiger partial charge on any atom is 0.145 e. The summed E-state index contributed by atoms with van der Waals surface area (Å²) < 4.78 is 19.4. The van der Waals surface area contributed by atoms with E-state index in [0.29, 0.717) is 16.0 Å². The lowest BCUT2D eigenvalue weighted by atomic mass is 10.1. The van der Waals surface area contributed by atoms with Gasteiger partial charge in [0.05, 0.1) is 11.9 Å². The second-order valence-corrected chi connectivity index (χ2v) is 5.06. The van der Waals surface area contributed by atoms with Crippen molar-refractivity contribution in [2.24, 2.45) is 5.73 Å². The SMILES string of the molecule is CC[C@H](N)c1ccc(Oc2cc(F)cc(Br)c2)cn1. The predicted octanol–water partition coefficient (Wildman–Crippen LogP) is 4.19. The van der Waals surface area contributed by atoms with Gasteiger partial charge < -0.3 is 10.5 Å². The zero-order valence-electron chi connectivity index (χ0n) is 10.4. The number of nitrogens with two attached hydrogens (primary N) is 1. The van der Waals surface area contributed by atoms with Crippen LogP contribution in [0.25, 0.3) is 0 Å². The molecular formula is C14H14BrFN2O. The van der Waals surface area contributed by atoms with Crippen molar-refractivity contribution in [1.82, 2.24) is 4.98 Å². The molecule has 100 valence electrons. The Kier molecular flexibility index (Phi) is 4.50. The van der Waals surface area contributed by atoms with E-state index in [0.717, 1.165) is 12.1 Å². The van der Waals surface area contributed by atoms with E-state index in [4.69, 9.17) is 10.5 Å². The molecule has 2 rings (SSSR count). The predicted molar refractivity (Wildman–Crippen MR) is 75.6 cm³/mol. The van der Waals surface area contributed by atoms with E-state index >= 15 is 0 Å². The van der Waals surface area contributed by atoms with Crippen LogP contribution in [0.5, 0.6) is 11.5 Å². The van der Waals surface area contributed by atoms with Gasteiger partial charge in [-0.2, -0.15) is 0 Å². The van der Waals surface area contributed by atoms with Gasteiger partial charge in [-0.15, -0.1) is 0 Å². The highest BCUT2D eigenvalue weighted by Crippen LogP contribution is 2.26. The molecule has 2 aromatic rings. The van der Waals surface area contributed by atoms with Crippen molar-refractivity contribution in [3.63, 3.8) is 0 Å². The quantitative estimate of drug-likeness (QED) is 0.917. The number of nitrogens with zero attached hydrogens (tertiary/aromatic N) is 1. The molecule has 5 heteroatoms. The summed E-state index contributed by atoms with van der Waals surface area (Å²) in [5.41, 5.74) is 6.69. The van der Waals surface area contributed by atoms with Crippen LogP contribution in [0.1, 0.15) is 25.1 Å². The summed E-state index contributed by atoms with van der Waals surface area (Å²) in [5, 5.41) is 0. The van der Waals surface area contributed by atoms with E-state index in [9.17, 15) is 4.39 Å². The third kappa shape index (κ3) is 3.75. The molecule has 0 saturated heterocycles. The normalized spacial score (nSPS) is 12.2. The van der Waals surface area contributed by atoms with E-state index in [-0.39, 0.29) is 11.9 Å². The number of aromatic nitrogens is 1. The minimum absolute atomic E-state index is 0.0719. The topological polar surface area (TPSA) is 48.1 Å². The lowest BCUT2D eigenvalue weighted by molar-refractivity contribution is 0.473. The van der Waals surface area contributed by atoms with Crippen molar-refractivity contribution in [2.45, 2.75) is 19.4 Å². The fraction of sp³-hybridized carbons (Fsp3) is 0.214. The molecule has 0 fully saturated rings. The monoisotopic (exact) mass is 324 g/mol. The minimum atomic E-state index is -0.359. The molecule has 0 saturated carbocycles. The molecule has 1 heterocycles. The summed E-state index contributed by atoms with van der Waals surface area (Å²) in [4.78, 5) is 4.23. The van der Waals surface area contributed by atoms with E-state index in [1.807, 2.05) is 13.0 Å². The molecule has 2 N–H and O–H groups in total. The van der Waals surface area contributed by atoms with E-state index in [1.54, 1.807) is 18.3 Å². The van der Waals surface area contributed by atoms with Crippen molar-refractivity contribution >= 4 is 15.9 Å². The lowest BCUT2D eigenvalue weighted by Gasteiger charge is -2.10. The van der Waals surface area contributed by atoms with Gasteiger partial charge in [-0.05, 0) is 30.7 Å². The molecule has 0 unspecified atom stereocenters. The number of benzene rings is 1. The number of ether oxygens (including phenoxy) is 1. The second kappa shape index (κ2) is 6.12. The minimum Gasteiger partial charge on any atom is -0.456 e. The Bertz CT molecular complexity index is 540. The van der Waals surface area contributed by atoms with Crippen LogP contribution in [-0.2, 0) is 0 Å². The van der Waals surface area contributed by atoms with E-state index < -0.39 is 0 Å². The summed E-state index contributed by atoms with van der Waals surface area (Å²) in [6.07, 6.45) is 2.41. The molecule has 0 amide bonds. The smallest absolute Gasteiger partial charge is 0.145 e. The van der Waals surface area contributed by atoms with Gasteiger partial charge in [-0.25, -0.2) is 4.39 Å². The zero-order chi connectivity index (χ0) is 13.8. The second-order valence-electron chi connectivity index (χ2n) is 4.14. The first-order valence-corrected chi connectivity index (χ1v) is 6.73. The van der Waals surface area contributed by atoms with E-state index in [2.05, 4.69) is 20.9 Å². The average Bonchev–Trinajstić information content (AvgIpc) is 2.37. The lowest BCUT2D eigenvalue weighted by Crippen LogP contribution is -2.10. The van der Waals surface area contributed by atoms with Gasteiger partial charge in [0.1, 0.15) is 17.3 Å². The fourth-order valence-electron chi connectivity index (χ4n) is 1.60. The molecule has 0 aliphatic heterocycles. The first kappa shape index (κ1) is 14.0. The van der Waals surface area contributed by atoms with Crippen LogP contribution in [0, 0.1) is 5.82 Å². The molecule has 19 heavy (non-hydrogen) atoms. The van der Waals surface area contributed by atoms with Crippen molar-refractivity contribution in [3.8, 4) is 11.5 Å². The van der Waals surface area contributed by atoms with Crippen LogP contribution in [0.15, 0.2) is 41.0 Å². The van der Waals surface area contributed by atoms with Crippen LogP contribution in [-0.4, -0.2) is 4.98 Å². The molecule has 3 nitrogen and oxygen atoms in total. The molecule has 0 radical (unpaired) electrons. The molecular weight excluding hydrogens is 311 g/mol. The summed E-state index contributed by atoms with van der Waals surface area (Å²) in [6, 6.07) is 7.89. The maximum atomic E-state index is 13.2. The Morgan fingerprint density at radius 3 is 2.68 bits per heavy atom. The summed E-state index contributed by atoms with van der Waals surface area (Å²) in [6.45, 7) is 2.00. The summed E-state index contributed by atoms with van der Waals surface area (Å²) in [7, 11) is 0. The molecule has 0 bridgehead atoms. The Morgan fingerprint density at radius 2 is 2.11 bits per heavy atom. The van der Waals surface area contributed by atoms with Crippen LogP contribution in [0.2, 0.25) is 0 Å². The Morgan fingerprint density at radius 1 is 1.32 bits per heavy atom. The number of pyridine rings is 1. The average molecular weight is 325 g/mol. The van der Waals surface area contributed by atoms with Crippen molar-refractivity contribution < 1.29 is 9.13 Å². The summed E-state index contributed by atoms with van der Waals surface area (Å²) in [5.74, 6) is 0.604. The van der Waals surface area contributed by atoms with Crippen molar-refractivity contribution in [2.75, 3.05) is 0 Å². The number of hydrogen-bond acceptors (Lipinski definition) is 3. The largest absolute Gasteiger partial charge is 0.456 e. The first-order valence-electron chi connectivity index (χ1n) is 5.94. The van der Waals surface area contributed by atoms with Crippen molar-refractivity contribution in [3.05, 3.63) is 52.5 Å². The van der Waals surface area contributed by atoms with Crippen molar-refractivity contribution in [1.29, 1.82) is 0 Å². The Labute approximate surface area is 119 Å². The highest BCUT2D eigenvalue weighted by molar-refractivity contribution is 9.10. The molecule has 0 spiro atoms. The Balaban J connectivity index is 2.15. The van der Waals surface area contributed by atoms with Gasteiger partial charge in [0.25, 0.3) is 0 Å². The van der Waals surface area contributed by atoms with Crippen LogP contribution in [0.3, 0.4) is 0 Å². The van der Waals surface area contributed by atoms with Crippen LogP contribution in [0.4, 0.5) is 4.39 Å². The van der Waals surface area contributed by atoms with Gasteiger partial charge >= 0.3 is 0 Å². The van der Waals surface area contributed by atoms with Gasteiger partial charge in [-0.1, -0.05) is 22.9 Å². The highest BCUT2D eigenvalue weighted by Gasteiger charge is 2.06. The molecule has 0 aliphatic carbocycles. The van der Waals surface area contributed by atoms with Crippen LogP contribution < -0.4 is 10.5 Å². The standard InChI is InChI=1S/C14H14BrFN2O/c1-2-13(17)14-4-3-11(8-18-14)19-12-6-9(15)5-10(16)7-12/h3-8,13H,2,17H2,1H3/t13-/m0/s1. The van der Waals surface area contributed by atoms with Gasteiger partial charge in [0.2, 0.25) is 0 Å². The Hall–Kier alpha value is -1.46. The van der Waals surface area contributed by atoms with Gasteiger partial charge in [0.15, 0.2) is 0 Å². The highest BCUT2D eigenvalue weighted by atomic mass is 79.9. The van der Waals surface area contributed by atoms with Crippen LogP contribution >= 0.6 is 15.9 Å². The molecule has 1 atom stereocenters. The molecule has 1 aromatic carbocycles. The molecule has 1 aromatic heterocycles. The maximum absolute atomic E-state index is 13.2. The van der Waals surface area contributed by atoms with E-state index in [1.165, 1.54) is 12.1 Å². The number of hydrogen-bond donors (Lipinski definition) is 1. The zero-order valence-corrected chi connectivity index (χ0v) is 12.0. The fourth-order valence-corrected chi connectivity index (χ4v) is 2.05.